The van der Waals surface area contributed by atoms with Gasteiger partial charge < -0.3 is 19.5 Å². The van der Waals surface area contributed by atoms with Crippen LogP contribution in [0.25, 0.3) is 28.0 Å². The number of halogens is 3. The normalized spacial score (nSPS) is 15.5. The molecule has 1 N–H and O–H groups in total. The lowest BCUT2D eigenvalue weighted by Gasteiger charge is -2.40. The number of benzene rings is 1. The van der Waals surface area contributed by atoms with Crippen LogP contribution in [0.5, 0.6) is 5.75 Å². The SMILES string of the molecule is C=C(F)C(=O)N1CCN(c2nc(=O)n(-c3c(C)cc(P(C)(C)=O)nc3CC)c3nc(-c4c(O)cccc4F)c(F)cc23)[C@@H](C)C1. The lowest BCUT2D eigenvalue weighted by Crippen LogP contribution is -2.54. The maximum Gasteiger partial charge on any atom is 0.355 e. The van der Waals surface area contributed by atoms with Crippen LogP contribution in [0, 0.1) is 18.6 Å². The van der Waals surface area contributed by atoms with Gasteiger partial charge in [0.1, 0.15) is 35.7 Å². The van der Waals surface area contributed by atoms with Crippen molar-refractivity contribution in [3.63, 3.8) is 0 Å². The molecule has 1 aliphatic heterocycles. The molecule has 0 saturated carbocycles. The summed E-state index contributed by atoms with van der Waals surface area (Å²) in [5, 5.41) is 10.6. The van der Waals surface area contributed by atoms with Crippen molar-refractivity contribution in [3.05, 3.63) is 76.1 Å². The Bertz CT molecular complexity index is 1970. The number of nitrogens with zero attached hydrogens (tertiary/aromatic N) is 6. The van der Waals surface area contributed by atoms with Crippen LogP contribution < -0.4 is 16.0 Å². The minimum absolute atomic E-state index is 0.0625. The van der Waals surface area contributed by atoms with E-state index < -0.39 is 59.2 Å². The summed E-state index contributed by atoms with van der Waals surface area (Å²) in [7, 11) is -2.79. The summed E-state index contributed by atoms with van der Waals surface area (Å²) in [5.74, 6) is -4.34. The van der Waals surface area contributed by atoms with Gasteiger partial charge in [-0.25, -0.2) is 32.5 Å². The molecule has 5 rings (SSSR count). The number of fused-ring (bicyclic) bond motifs is 1. The average Bonchev–Trinajstić information content (AvgIpc) is 2.96. The van der Waals surface area contributed by atoms with E-state index in [-0.39, 0.29) is 36.5 Å². The molecule has 10 nitrogen and oxygen atoms in total. The van der Waals surface area contributed by atoms with Crippen LogP contribution >= 0.6 is 7.14 Å². The first-order valence-corrected chi connectivity index (χ1v) is 16.8. The first-order valence-electron chi connectivity index (χ1n) is 14.2. The predicted molar refractivity (Wildman–Crippen MR) is 167 cm³/mol. The fraction of sp³-hybridized carbons (Fsp3) is 0.323. The van der Waals surface area contributed by atoms with E-state index in [1.165, 1.54) is 21.6 Å². The van der Waals surface area contributed by atoms with Crippen molar-refractivity contribution >= 4 is 35.3 Å². The average molecular weight is 641 g/mol. The van der Waals surface area contributed by atoms with Crippen molar-refractivity contribution in [1.82, 2.24) is 24.4 Å². The van der Waals surface area contributed by atoms with Gasteiger partial charge in [-0.05, 0) is 63.4 Å². The summed E-state index contributed by atoms with van der Waals surface area (Å²) < 4.78 is 58.5. The van der Waals surface area contributed by atoms with Crippen molar-refractivity contribution in [3.8, 4) is 22.7 Å². The highest BCUT2D eigenvalue weighted by Gasteiger charge is 2.32. The summed E-state index contributed by atoms with van der Waals surface area (Å²) in [5.41, 5.74) is -0.276. The molecule has 0 spiro atoms. The van der Waals surface area contributed by atoms with Crippen LogP contribution in [0.2, 0.25) is 0 Å². The van der Waals surface area contributed by atoms with Crippen LogP contribution in [0.1, 0.15) is 25.1 Å². The van der Waals surface area contributed by atoms with Gasteiger partial charge in [0.05, 0.1) is 22.3 Å². The number of aromatic hydroxyl groups is 1. The first kappa shape index (κ1) is 31.9. The highest BCUT2D eigenvalue weighted by atomic mass is 31.2. The lowest BCUT2D eigenvalue weighted by atomic mass is 10.1. The standard InChI is InChI=1S/C31H32F3N6O4P/c1-7-22-27(16(2)13-24(35-22)45(5,6)44)40-29-19(14-21(34)26(36-29)25-20(33)9-8-10-23(25)41)28(37-31(40)43)39-12-11-38(15-17(39)3)30(42)18(4)32/h8-10,13-14,17,41H,4,7,11-12,15H2,1-3,5-6H3/t17-/m0/s1. The number of hydrogen-bond donors (Lipinski definition) is 1. The van der Waals surface area contributed by atoms with Gasteiger partial charge in [-0.1, -0.05) is 19.6 Å². The van der Waals surface area contributed by atoms with Crippen molar-refractivity contribution in [2.24, 2.45) is 0 Å². The Morgan fingerprint density at radius 1 is 1.13 bits per heavy atom. The minimum atomic E-state index is -2.79. The third-order valence-corrected chi connectivity index (χ3v) is 9.13. The molecule has 1 saturated heterocycles. The first-order chi connectivity index (χ1) is 21.1. The quantitative estimate of drug-likeness (QED) is 0.242. The van der Waals surface area contributed by atoms with Gasteiger partial charge in [0.15, 0.2) is 17.3 Å². The van der Waals surface area contributed by atoms with Crippen molar-refractivity contribution < 1.29 is 27.6 Å². The molecule has 14 heteroatoms. The largest absolute Gasteiger partial charge is 0.507 e. The van der Waals surface area contributed by atoms with Crippen LogP contribution in [-0.2, 0) is 15.8 Å². The number of rotatable bonds is 6. The second-order valence-corrected chi connectivity index (χ2v) is 14.5. The van der Waals surface area contributed by atoms with E-state index in [1.807, 2.05) is 6.92 Å². The fourth-order valence-electron chi connectivity index (χ4n) is 5.62. The number of aromatic nitrogens is 4. The number of carbonyl (C=O) groups excluding carboxylic acids is 1. The summed E-state index contributed by atoms with van der Waals surface area (Å²) in [6.45, 7) is 11.8. The summed E-state index contributed by atoms with van der Waals surface area (Å²) in [4.78, 5) is 42.6. The zero-order valence-electron chi connectivity index (χ0n) is 25.4. The van der Waals surface area contributed by atoms with E-state index in [9.17, 15) is 28.0 Å². The summed E-state index contributed by atoms with van der Waals surface area (Å²) in [6.07, 6.45) is 0.328. The molecule has 3 aromatic heterocycles. The van der Waals surface area contributed by atoms with Crippen LogP contribution in [-0.4, -0.2) is 74.4 Å². The highest BCUT2D eigenvalue weighted by molar-refractivity contribution is 7.69. The Morgan fingerprint density at radius 3 is 2.44 bits per heavy atom. The number of aryl methyl sites for hydroxylation is 2. The lowest BCUT2D eigenvalue weighted by molar-refractivity contribution is -0.129. The molecule has 1 atom stereocenters. The van der Waals surface area contributed by atoms with E-state index in [4.69, 9.17) is 0 Å². The molecule has 1 amide bonds. The van der Waals surface area contributed by atoms with Gasteiger partial charge in [-0.15, -0.1) is 0 Å². The van der Waals surface area contributed by atoms with Gasteiger partial charge in [0.25, 0.3) is 5.91 Å². The molecule has 0 unspecified atom stereocenters. The number of phenols is 1. The molecule has 0 aliphatic carbocycles. The summed E-state index contributed by atoms with van der Waals surface area (Å²) in [6, 6.07) is 5.72. The van der Waals surface area contributed by atoms with Crippen molar-refractivity contribution in [2.45, 2.75) is 33.2 Å². The monoisotopic (exact) mass is 640 g/mol. The molecule has 236 valence electrons. The van der Waals surface area contributed by atoms with Gasteiger partial charge in [-0.3, -0.25) is 4.79 Å². The molecule has 4 heterocycles. The smallest absolute Gasteiger partial charge is 0.355 e. The third kappa shape index (κ3) is 5.72. The van der Waals surface area contributed by atoms with E-state index >= 15 is 4.39 Å². The zero-order chi connectivity index (χ0) is 33.0. The maximum atomic E-state index is 15.9. The Morgan fingerprint density at radius 2 is 1.84 bits per heavy atom. The predicted octanol–water partition coefficient (Wildman–Crippen LogP) is 4.47. The Hall–Kier alpha value is -4.51. The number of hydrogen-bond acceptors (Lipinski definition) is 8. The van der Waals surface area contributed by atoms with Crippen molar-refractivity contribution in [1.29, 1.82) is 0 Å². The molecule has 1 fully saturated rings. The Balaban J connectivity index is 1.82. The van der Waals surface area contributed by atoms with E-state index in [1.54, 1.807) is 38.1 Å². The zero-order valence-corrected chi connectivity index (χ0v) is 26.3. The molecule has 1 aliphatic rings. The van der Waals surface area contributed by atoms with E-state index in [0.717, 1.165) is 12.1 Å². The Kier molecular flexibility index (Phi) is 8.35. The minimum Gasteiger partial charge on any atom is -0.507 e. The second-order valence-electron chi connectivity index (χ2n) is 11.4. The molecule has 0 bridgehead atoms. The van der Waals surface area contributed by atoms with E-state index in [0.29, 0.717) is 28.8 Å². The third-order valence-electron chi connectivity index (χ3n) is 7.80. The van der Waals surface area contributed by atoms with Crippen LogP contribution in [0.15, 0.2) is 47.5 Å². The highest BCUT2D eigenvalue weighted by Crippen LogP contribution is 2.38. The number of piperazine rings is 1. The van der Waals surface area contributed by atoms with Gasteiger partial charge in [0.2, 0.25) is 0 Å². The summed E-state index contributed by atoms with van der Waals surface area (Å²) >= 11 is 0. The molecule has 1 aromatic carbocycles. The number of amides is 1. The van der Waals surface area contributed by atoms with Crippen LogP contribution in [0.3, 0.4) is 0 Å². The molecule has 4 aromatic rings. The maximum absolute atomic E-state index is 15.9. The van der Waals surface area contributed by atoms with Gasteiger partial charge >= 0.3 is 5.69 Å². The molecular formula is C31H32F3N6O4P. The second kappa shape index (κ2) is 11.8. The van der Waals surface area contributed by atoms with Crippen molar-refractivity contribution in [2.75, 3.05) is 37.9 Å². The van der Waals surface area contributed by atoms with Gasteiger partial charge in [-0.2, -0.15) is 4.98 Å². The van der Waals surface area contributed by atoms with Gasteiger partial charge in [0, 0.05) is 25.7 Å². The Labute approximate surface area is 257 Å². The van der Waals surface area contributed by atoms with E-state index in [2.05, 4.69) is 21.5 Å². The topological polar surface area (TPSA) is 122 Å². The number of pyridine rings is 2. The number of carbonyl (C=O) groups is 1. The number of anilines is 1. The number of phenolic OH excluding ortho intramolecular Hbond substituents is 1. The molecule has 45 heavy (non-hydrogen) atoms. The molecular weight excluding hydrogens is 608 g/mol. The van der Waals surface area contributed by atoms with Crippen LogP contribution in [0.4, 0.5) is 19.0 Å². The fourth-order valence-corrected chi connectivity index (χ4v) is 6.48. The molecule has 0 radical (unpaired) electrons.